The molecule has 0 unspecified atom stereocenters. The van der Waals surface area contributed by atoms with E-state index < -0.39 is 22.1 Å². The number of amides is 1. The lowest BCUT2D eigenvalue weighted by atomic mass is 9.91. The molecule has 2 aliphatic rings. The largest absolute Gasteiger partial charge is 0.451 e. The highest BCUT2D eigenvalue weighted by molar-refractivity contribution is 7.85. The number of aromatic nitrogens is 4. The zero-order chi connectivity index (χ0) is 44.4. The molecule has 5 N–H and O–H groups in total. The first-order chi connectivity index (χ1) is 28.7. The van der Waals surface area contributed by atoms with Gasteiger partial charge in [-0.1, -0.05) is 12.1 Å². The second-order valence-electron chi connectivity index (χ2n) is 13.7. The van der Waals surface area contributed by atoms with Gasteiger partial charge in [-0.15, -0.1) is 0 Å². The number of carbonyl (C=O) groups is 3. The third-order valence-electron chi connectivity index (χ3n) is 9.23. The molecule has 0 atom stereocenters. The van der Waals surface area contributed by atoms with E-state index in [-0.39, 0.29) is 11.7 Å². The van der Waals surface area contributed by atoms with Gasteiger partial charge in [-0.05, 0) is 89.2 Å². The number of nitrogens with one attached hydrogen (secondary N) is 4. The maximum absolute atomic E-state index is 13.5. The highest BCUT2D eigenvalue weighted by atomic mass is 32.2. The van der Waals surface area contributed by atoms with Crippen LogP contribution in [0, 0.1) is 17.2 Å². The van der Waals surface area contributed by atoms with Crippen molar-refractivity contribution in [1.29, 1.82) is 5.26 Å². The van der Waals surface area contributed by atoms with Crippen molar-refractivity contribution in [3.05, 3.63) is 65.2 Å². The summed E-state index contributed by atoms with van der Waals surface area (Å²) >= 11 is 0. The molecule has 0 bridgehead atoms. The minimum atomic E-state index is -4.59. The van der Waals surface area contributed by atoms with Gasteiger partial charge < -0.3 is 35.9 Å². The summed E-state index contributed by atoms with van der Waals surface area (Å²) < 4.78 is 68.3. The monoisotopic (exact) mass is 863 g/mol. The molecule has 2 aromatic heterocycles. The number of piperidine rings is 1. The summed E-state index contributed by atoms with van der Waals surface area (Å²) in [7, 11) is -0.198. The molecule has 1 aromatic carbocycles. The van der Waals surface area contributed by atoms with Crippen LogP contribution in [0.15, 0.2) is 42.7 Å². The Morgan fingerprint density at radius 2 is 1.53 bits per heavy atom. The van der Waals surface area contributed by atoms with E-state index in [1.165, 1.54) is 18.0 Å². The number of nitrogens with zero attached hydrogens (tertiary/aromatic N) is 7. The Balaban J connectivity index is 0.000000461. The van der Waals surface area contributed by atoms with Crippen LogP contribution in [-0.4, -0.2) is 124 Å². The van der Waals surface area contributed by atoms with Crippen molar-refractivity contribution in [2.75, 3.05) is 87.3 Å². The normalized spacial score (nSPS) is 13.9. The third-order valence-corrected chi connectivity index (χ3v) is 9.95. The molecule has 4 heterocycles. The Bertz CT molecular complexity index is 1860. The molecule has 0 aliphatic carbocycles. The van der Waals surface area contributed by atoms with Crippen LogP contribution in [0.2, 0.25) is 0 Å². The lowest BCUT2D eigenvalue weighted by Crippen LogP contribution is -2.35. The number of benzene rings is 1. The molecule has 0 saturated carbocycles. The number of rotatable bonds is 17. The molecular weight excluding hydrogens is 808 g/mol. The van der Waals surface area contributed by atoms with E-state index in [1.807, 2.05) is 47.9 Å². The van der Waals surface area contributed by atoms with E-state index in [2.05, 4.69) is 47.3 Å². The highest BCUT2D eigenvalue weighted by Gasteiger charge is 2.37. The number of carbonyl (C=O) groups excluding carboxylic acids is 3. The minimum Gasteiger partial charge on any atom is -0.356 e. The Morgan fingerprint density at radius 1 is 0.950 bits per heavy atom. The summed E-state index contributed by atoms with van der Waals surface area (Å²) in [5.74, 6) is 0.176. The van der Waals surface area contributed by atoms with Crippen molar-refractivity contribution in [1.82, 2.24) is 35.9 Å². The first-order valence-corrected chi connectivity index (χ1v) is 21.1. The van der Waals surface area contributed by atoms with Gasteiger partial charge >= 0.3 is 6.18 Å². The molecule has 0 radical (unpaired) electrons. The molecule has 21 heteroatoms. The summed E-state index contributed by atoms with van der Waals surface area (Å²) in [5, 5.41) is 20.0. The summed E-state index contributed by atoms with van der Waals surface area (Å²) in [4.78, 5) is 50.2. The number of likely N-dealkylation sites (N-methyl/N-ethyl adjacent to an activating group) is 1. The maximum Gasteiger partial charge on any atom is 0.451 e. The molecule has 3 aromatic rings. The summed E-state index contributed by atoms with van der Waals surface area (Å²) in [6.07, 6.45) is 5.61. The quantitative estimate of drug-likeness (QED) is 0.0742. The Hall–Kier alpha value is -5.30. The first-order valence-electron chi connectivity index (χ1n) is 19.5. The molecule has 17 nitrogen and oxygen atoms in total. The number of anilines is 3. The van der Waals surface area contributed by atoms with E-state index in [0.717, 1.165) is 57.1 Å². The van der Waals surface area contributed by atoms with Crippen LogP contribution in [-0.2, 0) is 32.3 Å². The van der Waals surface area contributed by atoms with E-state index in [9.17, 15) is 31.2 Å². The molecule has 2 saturated heterocycles. The van der Waals surface area contributed by atoms with E-state index >= 15 is 0 Å². The van der Waals surface area contributed by atoms with Crippen LogP contribution >= 0.6 is 0 Å². The lowest BCUT2D eigenvalue weighted by molar-refractivity contribution is -0.144. The van der Waals surface area contributed by atoms with E-state index in [1.54, 1.807) is 13.1 Å². The van der Waals surface area contributed by atoms with Gasteiger partial charge in [0.2, 0.25) is 17.7 Å². The van der Waals surface area contributed by atoms with Crippen LogP contribution in [0.25, 0.3) is 0 Å². The fourth-order valence-corrected chi connectivity index (χ4v) is 6.48. The van der Waals surface area contributed by atoms with Gasteiger partial charge in [0.15, 0.2) is 6.29 Å². The zero-order valence-corrected chi connectivity index (χ0v) is 34.9. The zero-order valence-electron chi connectivity index (χ0n) is 34.1. The van der Waals surface area contributed by atoms with Crippen LogP contribution < -0.4 is 31.1 Å². The van der Waals surface area contributed by atoms with Gasteiger partial charge in [-0.25, -0.2) is 19.9 Å². The topological polar surface area (TPSA) is 236 Å². The predicted molar refractivity (Wildman–Crippen MR) is 222 cm³/mol. The van der Waals surface area contributed by atoms with Gasteiger partial charge in [0.05, 0.1) is 22.9 Å². The van der Waals surface area contributed by atoms with Crippen molar-refractivity contribution in [2.45, 2.75) is 57.5 Å². The van der Waals surface area contributed by atoms with Gasteiger partial charge in [-0.2, -0.15) is 26.9 Å². The molecular formula is C39H56F3N11O6S. The van der Waals surface area contributed by atoms with Crippen LogP contribution in [0.1, 0.15) is 72.3 Å². The van der Waals surface area contributed by atoms with Crippen LogP contribution in [0.5, 0.6) is 0 Å². The maximum atomic E-state index is 13.5. The molecule has 2 fully saturated rings. The number of hydrogen-bond donors (Lipinski definition) is 5. The average molecular weight is 864 g/mol. The van der Waals surface area contributed by atoms with Crippen molar-refractivity contribution in [3.63, 3.8) is 0 Å². The smallest absolute Gasteiger partial charge is 0.356 e. The second kappa shape index (κ2) is 27.5. The molecule has 60 heavy (non-hydrogen) atoms. The van der Waals surface area contributed by atoms with Gasteiger partial charge in [-0.3, -0.25) is 14.1 Å². The molecule has 2 aliphatic heterocycles. The summed E-state index contributed by atoms with van der Waals surface area (Å²) in [5.41, 5.74) is 2.39. The number of alkyl halides is 3. The van der Waals surface area contributed by atoms with Gasteiger partial charge in [0.1, 0.15) is 18.4 Å². The van der Waals surface area contributed by atoms with Crippen molar-refractivity contribution in [3.8, 4) is 6.07 Å². The minimum absolute atomic E-state index is 0.0310. The molecule has 1 amide bonds. The van der Waals surface area contributed by atoms with Crippen molar-refractivity contribution >= 4 is 46.7 Å². The van der Waals surface area contributed by atoms with Crippen molar-refractivity contribution in [2.24, 2.45) is 5.92 Å². The second-order valence-corrected chi connectivity index (χ2v) is 15.3. The number of halogens is 3. The fourth-order valence-electron chi connectivity index (χ4n) is 6.02. The number of nitriles is 1. The first kappa shape index (κ1) is 50.8. The lowest BCUT2D eigenvalue weighted by Gasteiger charge is -2.33. The fraction of sp³-hybridized carbons (Fsp3) is 0.538. The number of hydrogen-bond acceptors (Lipinski definition) is 15. The highest BCUT2D eigenvalue weighted by Crippen LogP contribution is 2.33. The molecule has 330 valence electrons. The van der Waals surface area contributed by atoms with Crippen LogP contribution in [0.4, 0.5) is 30.8 Å². The van der Waals surface area contributed by atoms with Crippen LogP contribution in [0.3, 0.4) is 0 Å². The molecule has 0 spiro atoms. The SMILES string of the molecule is C=O.CNCCS(=O)(=O)O.CNCCc1ccc(C#N)cc1.O=Cc1cnc(NCCNC(=O)CCCC2CCN(c3cc(N4CCCC4)nc(C(F)(F)F)n3)CC2)nc1. The number of aldehydes is 1. The third kappa shape index (κ3) is 20.1. The van der Waals surface area contributed by atoms with Crippen molar-refractivity contribution < 1.29 is 40.5 Å². The van der Waals surface area contributed by atoms with E-state index in [0.29, 0.717) is 87.6 Å². The Labute approximate surface area is 349 Å². The average Bonchev–Trinajstić information content (AvgIpc) is 3.80. The standard InChI is InChI=1S/C25H33F3N8O2.C10H12N2.C3H9NO3S.CH2O/c26-25(27,28)23-33-20(35-10-1-2-11-35)14-21(34-23)36-12-6-18(7-13-36)4-3-5-22(38)29-8-9-30-24-31-15-19(17-37)16-32-24;1-12-7-6-9-2-4-10(8-11)5-3-9;1-4-2-3-8(5,6)7;1-2/h14-18H,1-13H2,(H,29,38)(H,30,31,32);2-5,12H,6-7H2,1H3;4H,2-3H2,1H3,(H,5,6,7);1H2. The predicted octanol–water partition coefficient (Wildman–Crippen LogP) is 3.54. The Morgan fingerprint density at radius 3 is 2.03 bits per heavy atom. The van der Waals surface area contributed by atoms with Gasteiger partial charge in [0, 0.05) is 70.7 Å². The Kier molecular flexibility index (Phi) is 23.3. The van der Waals surface area contributed by atoms with Gasteiger partial charge in [0.25, 0.3) is 10.1 Å². The summed E-state index contributed by atoms with van der Waals surface area (Å²) in [6, 6.07) is 11.5. The molecule has 5 rings (SSSR count). The summed E-state index contributed by atoms with van der Waals surface area (Å²) in [6.45, 7) is 6.84. The van der Waals surface area contributed by atoms with E-state index in [4.69, 9.17) is 14.6 Å².